The molecule has 0 aliphatic rings. The van der Waals surface area contributed by atoms with E-state index in [1.165, 1.54) is 12.1 Å². The van der Waals surface area contributed by atoms with Crippen molar-refractivity contribution in [1.82, 2.24) is 0 Å². The van der Waals surface area contributed by atoms with E-state index in [0.29, 0.717) is 5.56 Å². The molecule has 0 spiro atoms. The van der Waals surface area contributed by atoms with Crippen LogP contribution in [0.1, 0.15) is 17.2 Å². The summed E-state index contributed by atoms with van der Waals surface area (Å²) in [6, 6.07) is 6.12. The molecule has 2 N–H and O–H groups in total. The van der Waals surface area contributed by atoms with Crippen LogP contribution in [0.3, 0.4) is 0 Å². The maximum Gasteiger partial charge on any atom is 0.418 e. The van der Waals surface area contributed by atoms with Crippen molar-refractivity contribution in [3.63, 3.8) is 0 Å². The van der Waals surface area contributed by atoms with Gasteiger partial charge in [0, 0.05) is 13.7 Å². The van der Waals surface area contributed by atoms with Crippen molar-refractivity contribution < 1.29 is 17.9 Å². The number of hydrogen-bond acceptors (Lipinski definition) is 2. The number of nitrogens with two attached hydrogens (primary N) is 1. The first-order valence-corrected chi connectivity index (χ1v) is 4.38. The zero-order valence-electron chi connectivity index (χ0n) is 8.21. The number of rotatable bonds is 3. The fraction of sp³-hybridized carbons (Fsp3) is 0.400. The van der Waals surface area contributed by atoms with Crippen LogP contribution in [0.2, 0.25) is 0 Å². The SMILES string of the molecule is COC(c1ccccc1CN)C(F)(F)F. The summed E-state index contributed by atoms with van der Waals surface area (Å²) in [5, 5.41) is 0. The van der Waals surface area contributed by atoms with Crippen LogP contribution in [-0.4, -0.2) is 13.3 Å². The summed E-state index contributed by atoms with van der Waals surface area (Å²) in [4.78, 5) is 0. The number of alkyl halides is 3. The standard InChI is InChI=1S/C10H12F3NO/c1-15-9(10(11,12)13)8-5-3-2-4-7(8)6-14/h2-5,9H,6,14H2,1H3. The molecule has 0 aliphatic heterocycles. The van der Waals surface area contributed by atoms with Gasteiger partial charge in [0.25, 0.3) is 0 Å². The molecule has 1 unspecified atom stereocenters. The lowest BCUT2D eigenvalue weighted by Crippen LogP contribution is -2.24. The number of hydrogen-bond donors (Lipinski definition) is 1. The molecule has 1 atom stereocenters. The minimum absolute atomic E-state index is 0.0616. The highest BCUT2D eigenvalue weighted by molar-refractivity contribution is 5.29. The Morgan fingerprint density at radius 2 is 1.93 bits per heavy atom. The van der Waals surface area contributed by atoms with Gasteiger partial charge in [0.05, 0.1) is 0 Å². The molecule has 0 aliphatic carbocycles. The van der Waals surface area contributed by atoms with Gasteiger partial charge in [-0.15, -0.1) is 0 Å². The Hall–Kier alpha value is -1.07. The van der Waals surface area contributed by atoms with Crippen molar-refractivity contribution in [2.45, 2.75) is 18.8 Å². The lowest BCUT2D eigenvalue weighted by Gasteiger charge is -2.21. The van der Waals surface area contributed by atoms with Crippen molar-refractivity contribution >= 4 is 0 Å². The largest absolute Gasteiger partial charge is 0.418 e. The molecule has 0 radical (unpaired) electrons. The zero-order chi connectivity index (χ0) is 11.5. The molecular formula is C10H12F3NO. The average Bonchev–Trinajstić information content (AvgIpc) is 2.17. The van der Waals surface area contributed by atoms with E-state index in [4.69, 9.17) is 5.73 Å². The van der Waals surface area contributed by atoms with E-state index in [1.807, 2.05) is 0 Å². The predicted molar refractivity (Wildman–Crippen MR) is 50.1 cm³/mol. The monoisotopic (exact) mass is 219 g/mol. The molecule has 15 heavy (non-hydrogen) atoms. The van der Waals surface area contributed by atoms with Crippen LogP contribution in [0, 0.1) is 0 Å². The molecular weight excluding hydrogens is 207 g/mol. The number of halogens is 3. The first-order chi connectivity index (χ1) is 7.00. The molecule has 0 saturated carbocycles. The summed E-state index contributed by atoms with van der Waals surface area (Å²) in [5.41, 5.74) is 5.89. The number of methoxy groups -OCH3 is 1. The Morgan fingerprint density at radius 3 is 2.40 bits per heavy atom. The first kappa shape index (κ1) is 12.0. The molecule has 1 rings (SSSR count). The number of ether oxygens (including phenoxy) is 1. The van der Waals surface area contributed by atoms with Crippen LogP contribution < -0.4 is 5.73 Å². The van der Waals surface area contributed by atoms with Crippen LogP contribution in [0.15, 0.2) is 24.3 Å². The van der Waals surface area contributed by atoms with Crippen molar-refractivity contribution in [1.29, 1.82) is 0 Å². The first-order valence-electron chi connectivity index (χ1n) is 4.38. The van der Waals surface area contributed by atoms with Crippen LogP contribution in [0.4, 0.5) is 13.2 Å². The summed E-state index contributed by atoms with van der Waals surface area (Å²) in [6.45, 7) is 0.0616. The Bertz CT molecular complexity index is 325. The smallest absolute Gasteiger partial charge is 0.367 e. The Balaban J connectivity index is 3.12. The summed E-state index contributed by atoms with van der Waals surface area (Å²) in [6.07, 6.45) is -6.32. The summed E-state index contributed by atoms with van der Waals surface area (Å²) in [7, 11) is 1.03. The van der Waals surface area contributed by atoms with Gasteiger partial charge in [0.1, 0.15) is 0 Å². The minimum Gasteiger partial charge on any atom is -0.367 e. The Morgan fingerprint density at radius 1 is 1.33 bits per heavy atom. The van der Waals surface area contributed by atoms with E-state index in [9.17, 15) is 13.2 Å². The van der Waals surface area contributed by atoms with E-state index < -0.39 is 12.3 Å². The van der Waals surface area contributed by atoms with E-state index in [-0.39, 0.29) is 12.1 Å². The molecule has 0 bridgehead atoms. The van der Waals surface area contributed by atoms with E-state index in [0.717, 1.165) is 7.11 Å². The predicted octanol–water partition coefficient (Wildman–Crippen LogP) is 2.40. The van der Waals surface area contributed by atoms with E-state index in [2.05, 4.69) is 4.74 Å². The van der Waals surface area contributed by atoms with Gasteiger partial charge < -0.3 is 10.5 Å². The molecule has 0 aromatic heterocycles. The molecule has 0 fully saturated rings. The second-order valence-electron chi connectivity index (χ2n) is 3.06. The molecule has 2 nitrogen and oxygen atoms in total. The summed E-state index contributed by atoms with van der Waals surface area (Å²) in [5.74, 6) is 0. The lowest BCUT2D eigenvalue weighted by atomic mass is 10.0. The van der Waals surface area contributed by atoms with Gasteiger partial charge in [-0.25, -0.2) is 0 Å². The Kier molecular flexibility index (Phi) is 3.71. The topological polar surface area (TPSA) is 35.2 Å². The second kappa shape index (κ2) is 4.63. The highest BCUT2D eigenvalue weighted by atomic mass is 19.4. The third kappa shape index (κ3) is 2.70. The average molecular weight is 219 g/mol. The van der Waals surface area contributed by atoms with Crippen LogP contribution in [0.5, 0.6) is 0 Å². The van der Waals surface area contributed by atoms with E-state index >= 15 is 0 Å². The van der Waals surface area contributed by atoms with Crippen molar-refractivity contribution in [3.8, 4) is 0 Å². The molecule has 0 saturated heterocycles. The third-order valence-electron chi connectivity index (χ3n) is 2.09. The molecule has 0 heterocycles. The Labute approximate surface area is 85.8 Å². The fourth-order valence-corrected chi connectivity index (χ4v) is 1.41. The van der Waals surface area contributed by atoms with Gasteiger partial charge in [0.15, 0.2) is 6.10 Å². The zero-order valence-corrected chi connectivity index (χ0v) is 8.21. The molecule has 1 aromatic rings. The van der Waals surface area contributed by atoms with Crippen LogP contribution in [-0.2, 0) is 11.3 Å². The third-order valence-corrected chi connectivity index (χ3v) is 2.09. The molecule has 1 aromatic carbocycles. The highest BCUT2D eigenvalue weighted by Gasteiger charge is 2.41. The van der Waals surface area contributed by atoms with Crippen LogP contribution >= 0.6 is 0 Å². The molecule has 84 valence electrons. The van der Waals surface area contributed by atoms with Crippen molar-refractivity contribution in [3.05, 3.63) is 35.4 Å². The van der Waals surface area contributed by atoms with Crippen molar-refractivity contribution in [2.24, 2.45) is 5.73 Å². The van der Waals surface area contributed by atoms with Gasteiger partial charge in [-0.05, 0) is 11.1 Å². The second-order valence-corrected chi connectivity index (χ2v) is 3.06. The summed E-state index contributed by atoms with van der Waals surface area (Å²) >= 11 is 0. The van der Waals surface area contributed by atoms with Gasteiger partial charge >= 0.3 is 6.18 Å². The van der Waals surface area contributed by atoms with Gasteiger partial charge in [-0.1, -0.05) is 24.3 Å². The quantitative estimate of drug-likeness (QED) is 0.847. The van der Waals surface area contributed by atoms with Crippen molar-refractivity contribution in [2.75, 3.05) is 7.11 Å². The van der Waals surface area contributed by atoms with Gasteiger partial charge in [-0.3, -0.25) is 0 Å². The number of benzene rings is 1. The van der Waals surface area contributed by atoms with Gasteiger partial charge in [0.2, 0.25) is 0 Å². The highest BCUT2D eigenvalue weighted by Crippen LogP contribution is 2.36. The fourth-order valence-electron chi connectivity index (χ4n) is 1.41. The lowest BCUT2D eigenvalue weighted by molar-refractivity contribution is -0.216. The maximum absolute atomic E-state index is 12.6. The van der Waals surface area contributed by atoms with E-state index in [1.54, 1.807) is 12.1 Å². The molecule has 0 amide bonds. The van der Waals surface area contributed by atoms with Gasteiger partial charge in [-0.2, -0.15) is 13.2 Å². The maximum atomic E-state index is 12.6. The summed E-state index contributed by atoms with van der Waals surface area (Å²) < 4.78 is 42.1. The molecule has 5 heteroatoms. The minimum atomic E-state index is -4.42. The normalized spacial score (nSPS) is 13.9. The van der Waals surface area contributed by atoms with Crippen LogP contribution in [0.25, 0.3) is 0 Å².